The molecule has 0 atom stereocenters. The lowest BCUT2D eigenvalue weighted by molar-refractivity contribution is -0.144. The van der Waals surface area contributed by atoms with Gasteiger partial charge in [-0.05, 0) is 6.92 Å². The number of carbonyl (C=O) groups excluding carboxylic acids is 2. The van der Waals surface area contributed by atoms with E-state index in [1.165, 1.54) is 7.11 Å². The third-order valence-electron chi connectivity index (χ3n) is 4.41. The Labute approximate surface area is 226 Å². The van der Waals surface area contributed by atoms with Crippen LogP contribution in [0.25, 0.3) is 0 Å². The number of methoxy groups -OCH3 is 1. The van der Waals surface area contributed by atoms with Gasteiger partial charge in [-0.2, -0.15) is 0 Å². The summed E-state index contributed by atoms with van der Waals surface area (Å²) in [5, 5.41) is 0. The zero-order valence-electron chi connectivity index (χ0n) is 23.2. The first-order valence-electron chi connectivity index (χ1n) is 13.1. The summed E-state index contributed by atoms with van der Waals surface area (Å²) in [6.07, 6.45) is 0.497. The average molecular weight is 557 g/mol. The van der Waals surface area contributed by atoms with Crippen molar-refractivity contribution >= 4 is 11.9 Å². The van der Waals surface area contributed by atoms with Crippen molar-refractivity contribution < 1.29 is 61.7 Å². The molecule has 0 N–H and O–H groups in total. The number of rotatable bonds is 31. The third kappa shape index (κ3) is 30.8. The summed E-state index contributed by atoms with van der Waals surface area (Å²) in [5.41, 5.74) is 0. The van der Waals surface area contributed by atoms with Crippen LogP contribution in [0.2, 0.25) is 0 Å². The van der Waals surface area contributed by atoms with Gasteiger partial charge in [-0.15, -0.1) is 0 Å². The van der Waals surface area contributed by atoms with Crippen LogP contribution in [0.5, 0.6) is 0 Å². The quantitative estimate of drug-likeness (QED) is 0.0874. The highest BCUT2D eigenvalue weighted by Gasteiger charge is 2.01. The monoisotopic (exact) mass is 556 g/mol. The molecule has 0 heterocycles. The zero-order valence-corrected chi connectivity index (χ0v) is 23.2. The highest BCUT2D eigenvalue weighted by Crippen LogP contribution is 1.90. The molecule has 0 radical (unpaired) electrons. The van der Waals surface area contributed by atoms with Crippen LogP contribution in [0.1, 0.15) is 19.8 Å². The van der Waals surface area contributed by atoms with Crippen molar-refractivity contribution in [1.29, 1.82) is 0 Å². The highest BCUT2D eigenvalue weighted by atomic mass is 16.6. The van der Waals surface area contributed by atoms with Crippen molar-refractivity contribution in [2.45, 2.75) is 19.8 Å². The van der Waals surface area contributed by atoms with Crippen molar-refractivity contribution in [3.05, 3.63) is 0 Å². The van der Waals surface area contributed by atoms with Gasteiger partial charge in [0.15, 0.2) is 0 Å². The van der Waals surface area contributed by atoms with E-state index in [0.29, 0.717) is 126 Å². The van der Waals surface area contributed by atoms with Crippen LogP contribution in [-0.2, 0) is 61.7 Å². The van der Waals surface area contributed by atoms with Gasteiger partial charge in [0.2, 0.25) is 0 Å². The smallest absolute Gasteiger partial charge is 0.308 e. The summed E-state index contributed by atoms with van der Waals surface area (Å²) in [4.78, 5) is 22.0. The standard InChI is InChI=1S/C25H48O13/c1-3-38-25(27)5-7-30-9-11-32-13-15-34-17-19-36-21-23-37-22-20-35-18-16-33-14-12-31-10-8-29-6-4-24(26)28-2/h3-23H2,1-2H3. The lowest BCUT2D eigenvalue weighted by Crippen LogP contribution is -2.15. The number of esters is 2. The topological polar surface area (TPSA) is 136 Å². The van der Waals surface area contributed by atoms with Crippen LogP contribution in [0.15, 0.2) is 0 Å². The van der Waals surface area contributed by atoms with Gasteiger partial charge in [0.1, 0.15) is 0 Å². The maximum Gasteiger partial charge on any atom is 0.308 e. The van der Waals surface area contributed by atoms with Gasteiger partial charge in [-0.1, -0.05) is 0 Å². The molecule has 0 spiro atoms. The van der Waals surface area contributed by atoms with E-state index < -0.39 is 0 Å². The molecule has 226 valence electrons. The van der Waals surface area contributed by atoms with Gasteiger partial charge in [-0.25, -0.2) is 0 Å². The second kappa shape index (κ2) is 31.8. The molecule has 0 fully saturated rings. The second-order valence-electron chi connectivity index (χ2n) is 7.39. The van der Waals surface area contributed by atoms with Crippen molar-refractivity contribution in [3.63, 3.8) is 0 Å². The van der Waals surface area contributed by atoms with Crippen LogP contribution < -0.4 is 0 Å². The van der Waals surface area contributed by atoms with Gasteiger partial charge >= 0.3 is 11.9 Å². The van der Waals surface area contributed by atoms with Crippen LogP contribution in [0, 0.1) is 0 Å². The van der Waals surface area contributed by atoms with E-state index in [1.54, 1.807) is 6.92 Å². The predicted molar refractivity (Wildman–Crippen MR) is 135 cm³/mol. The average Bonchev–Trinajstić information content (AvgIpc) is 2.92. The summed E-state index contributed by atoms with van der Waals surface area (Å²) < 4.78 is 57.7. The summed E-state index contributed by atoms with van der Waals surface area (Å²) >= 11 is 0. The predicted octanol–water partition coefficient (Wildman–Crippen LogP) is 0.652. The molecule has 0 saturated heterocycles. The minimum atomic E-state index is -0.288. The van der Waals surface area contributed by atoms with E-state index in [1.807, 2.05) is 0 Å². The SMILES string of the molecule is CCOC(=O)CCOCCOCCOCCOCCOCCOCCOCCOCCOCCC(=O)OC. The number of ether oxygens (including phenoxy) is 11. The van der Waals surface area contributed by atoms with Crippen molar-refractivity contribution in [3.8, 4) is 0 Å². The van der Waals surface area contributed by atoms with Crippen LogP contribution in [-0.4, -0.2) is 145 Å². The highest BCUT2D eigenvalue weighted by molar-refractivity contribution is 5.69. The second-order valence-corrected chi connectivity index (χ2v) is 7.39. The van der Waals surface area contributed by atoms with Crippen molar-refractivity contribution in [2.24, 2.45) is 0 Å². The lowest BCUT2D eigenvalue weighted by Gasteiger charge is -2.09. The minimum absolute atomic E-state index is 0.243. The number of carbonyl (C=O) groups is 2. The Morgan fingerprint density at radius 1 is 0.395 bits per heavy atom. The fraction of sp³-hybridized carbons (Fsp3) is 0.920. The number of hydrogen-bond acceptors (Lipinski definition) is 13. The third-order valence-corrected chi connectivity index (χ3v) is 4.41. The van der Waals surface area contributed by atoms with Gasteiger partial charge < -0.3 is 52.1 Å². The largest absolute Gasteiger partial charge is 0.469 e. The van der Waals surface area contributed by atoms with Crippen LogP contribution >= 0.6 is 0 Å². The van der Waals surface area contributed by atoms with E-state index in [0.717, 1.165) is 0 Å². The molecule has 0 aliphatic carbocycles. The Morgan fingerprint density at radius 2 is 0.632 bits per heavy atom. The molecule has 13 nitrogen and oxygen atoms in total. The molecular formula is C25H48O13. The maximum atomic E-state index is 11.1. The molecule has 0 aromatic heterocycles. The Hall–Kier alpha value is -1.42. The molecule has 38 heavy (non-hydrogen) atoms. The Morgan fingerprint density at radius 3 is 0.868 bits per heavy atom. The van der Waals surface area contributed by atoms with Gasteiger partial charge in [0.25, 0.3) is 0 Å². The molecule has 0 aromatic rings. The normalized spacial score (nSPS) is 11.1. The minimum Gasteiger partial charge on any atom is -0.469 e. The van der Waals surface area contributed by atoms with E-state index in [9.17, 15) is 9.59 Å². The Bertz CT molecular complexity index is 508. The van der Waals surface area contributed by atoms with E-state index in [2.05, 4.69) is 4.74 Å². The first-order valence-corrected chi connectivity index (χ1v) is 13.1. The molecule has 0 bridgehead atoms. The zero-order chi connectivity index (χ0) is 27.8. The van der Waals surface area contributed by atoms with E-state index in [4.69, 9.17) is 47.4 Å². The van der Waals surface area contributed by atoms with Gasteiger partial charge in [-0.3, -0.25) is 9.59 Å². The molecule has 0 saturated carbocycles. The van der Waals surface area contributed by atoms with Crippen LogP contribution in [0.4, 0.5) is 0 Å². The molecular weight excluding hydrogens is 508 g/mol. The molecule has 0 unspecified atom stereocenters. The van der Waals surface area contributed by atoms with Crippen LogP contribution in [0.3, 0.4) is 0 Å². The molecule has 0 rings (SSSR count). The lowest BCUT2D eigenvalue weighted by atomic mass is 10.5. The first kappa shape index (κ1) is 36.6. The first-order chi connectivity index (χ1) is 18.7. The fourth-order valence-corrected chi connectivity index (χ4v) is 2.51. The summed E-state index contributed by atoms with van der Waals surface area (Å²) in [7, 11) is 1.35. The summed E-state index contributed by atoms with van der Waals surface area (Å²) in [6.45, 7) is 10.4. The van der Waals surface area contributed by atoms with E-state index >= 15 is 0 Å². The van der Waals surface area contributed by atoms with Gasteiger partial charge in [0, 0.05) is 0 Å². The summed E-state index contributed by atoms with van der Waals surface area (Å²) in [6, 6.07) is 0. The Kier molecular flexibility index (Phi) is 30.6. The molecule has 13 heteroatoms. The van der Waals surface area contributed by atoms with Gasteiger partial charge in [0.05, 0.1) is 145 Å². The summed E-state index contributed by atoms with van der Waals surface area (Å²) in [5.74, 6) is -0.542. The number of hydrogen-bond donors (Lipinski definition) is 0. The Balaban J connectivity index is 3.07. The molecule has 0 amide bonds. The van der Waals surface area contributed by atoms with E-state index in [-0.39, 0.29) is 24.8 Å². The van der Waals surface area contributed by atoms with Crippen molar-refractivity contribution in [1.82, 2.24) is 0 Å². The molecule has 0 aromatic carbocycles. The molecule has 0 aliphatic rings. The maximum absolute atomic E-state index is 11.1. The van der Waals surface area contributed by atoms with Crippen molar-refractivity contribution in [2.75, 3.05) is 133 Å². The molecule has 0 aliphatic heterocycles. The fourth-order valence-electron chi connectivity index (χ4n) is 2.51.